The number of hydrogen-bond acceptors (Lipinski definition) is 3. The lowest BCUT2D eigenvalue weighted by molar-refractivity contribution is 0.474. The minimum atomic E-state index is -0.370. The minimum absolute atomic E-state index is 0.207. The zero-order valence-corrected chi connectivity index (χ0v) is 9.88. The van der Waals surface area contributed by atoms with Gasteiger partial charge in [-0.1, -0.05) is 42.5 Å². The maximum absolute atomic E-state index is 9.22. The summed E-state index contributed by atoms with van der Waals surface area (Å²) in [7, 11) is 0. The molecule has 0 aromatic heterocycles. The molecule has 2 N–H and O–H groups in total. The standard InChI is InChI=1S/C15H14N2O/c16-10-15(13-6-8-14(18)9-7-13)17-11-12-4-2-1-3-5-12/h1-9,15,17-18H,11H2. The lowest BCUT2D eigenvalue weighted by atomic mass is 10.1. The van der Waals surface area contributed by atoms with Gasteiger partial charge in [0, 0.05) is 6.54 Å². The zero-order chi connectivity index (χ0) is 12.8. The summed E-state index contributed by atoms with van der Waals surface area (Å²) in [5.41, 5.74) is 1.99. The molecule has 2 aromatic rings. The van der Waals surface area contributed by atoms with Crippen LogP contribution in [0.1, 0.15) is 17.2 Å². The van der Waals surface area contributed by atoms with Crippen molar-refractivity contribution in [3.8, 4) is 11.8 Å². The summed E-state index contributed by atoms with van der Waals surface area (Å²) in [4.78, 5) is 0. The van der Waals surface area contributed by atoms with Crippen LogP contribution < -0.4 is 5.32 Å². The van der Waals surface area contributed by atoms with Crippen LogP contribution >= 0.6 is 0 Å². The molecular formula is C15H14N2O. The van der Waals surface area contributed by atoms with E-state index in [1.807, 2.05) is 30.3 Å². The number of phenols is 1. The Hall–Kier alpha value is -2.31. The van der Waals surface area contributed by atoms with Crippen LogP contribution in [0.5, 0.6) is 5.75 Å². The van der Waals surface area contributed by atoms with Crippen LogP contribution in [0.4, 0.5) is 0 Å². The van der Waals surface area contributed by atoms with Crippen molar-refractivity contribution >= 4 is 0 Å². The SMILES string of the molecule is N#CC(NCc1ccccc1)c1ccc(O)cc1. The third-order valence-corrected chi connectivity index (χ3v) is 2.71. The number of nitrogens with zero attached hydrogens (tertiary/aromatic N) is 1. The van der Waals surface area contributed by atoms with Crippen LogP contribution in [-0.4, -0.2) is 5.11 Å². The van der Waals surface area contributed by atoms with E-state index in [0.29, 0.717) is 6.54 Å². The molecule has 0 spiro atoms. The number of aromatic hydroxyl groups is 1. The van der Waals surface area contributed by atoms with Gasteiger partial charge < -0.3 is 5.11 Å². The van der Waals surface area contributed by atoms with Crippen LogP contribution in [0.3, 0.4) is 0 Å². The second kappa shape index (κ2) is 5.85. The second-order valence-corrected chi connectivity index (χ2v) is 4.02. The van der Waals surface area contributed by atoms with Crippen LogP contribution in [-0.2, 0) is 6.54 Å². The fourth-order valence-corrected chi connectivity index (χ4v) is 1.72. The predicted molar refractivity (Wildman–Crippen MR) is 69.7 cm³/mol. The summed E-state index contributed by atoms with van der Waals surface area (Å²) >= 11 is 0. The van der Waals surface area contributed by atoms with E-state index >= 15 is 0 Å². The van der Waals surface area contributed by atoms with Gasteiger partial charge in [-0.15, -0.1) is 0 Å². The Bertz CT molecular complexity index is 529. The van der Waals surface area contributed by atoms with Crippen LogP contribution in [0.2, 0.25) is 0 Å². The topological polar surface area (TPSA) is 56.0 Å². The molecule has 0 heterocycles. The van der Waals surface area contributed by atoms with Crippen molar-refractivity contribution < 1.29 is 5.11 Å². The summed E-state index contributed by atoms with van der Waals surface area (Å²) < 4.78 is 0. The third kappa shape index (κ3) is 3.09. The molecule has 0 saturated heterocycles. The van der Waals surface area contributed by atoms with E-state index in [2.05, 4.69) is 11.4 Å². The highest BCUT2D eigenvalue weighted by atomic mass is 16.3. The van der Waals surface area contributed by atoms with Crippen LogP contribution in [0.25, 0.3) is 0 Å². The Labute approximate surface area is 106 Å². The fourth-order valence-electron chi connectivity index (χ4n) is 1.72. The van der Waals surface area contributed by atoms with E-state index in [4.69, 9.17) is 5.26 Å². The first kappa shape index (κ1) is 12.2. The van der Waals surface area contributed by atoms with E-state index in [-0.39, 0.29) is 11.8 Å². The first-order chi connectivity index (χ1) is 8.79. The fraction of sp³-hybridized carbons (Fsp3) is 0.133. The molecule has 2 aromatic carbocycles. The molecule has 90 valence electrons. The number of hydrogen-bond donors (Lipinski definition) is 2. The lowest BCUT2D eigenvalue weighted by Gasteiger charge is -2.12. The molecule has 3 heteroatoms. The van der Waals surface area contributed by atoms with Gasteiger partial charge in [0.25, 0.3) is 0 Å². The molecule has 0 saturated carbocycles. The largest absolute Gasteiger partial charge is 0.508 e. The zero-order valence-electron chi connectivity index (χ0n) is 9.88. The Morgan fingerprint density at radius 1 is 1.06 bits per heavy atom. The van der Waals surface area contributed by atoms with Gasteiger partial charge in [0.2, 0.25) is 0 Å². The van der Waals surface area contributed by atoms with Gasteiger partial charge in [0.1, 0.15) is 11.8 Å². The van der Waals surface area contributed by atoms with Crippen molar-refractivity contribution in [3.63, 3.8) is 0 Å². The summed E-state index contributed by atoms with van der Waals surface area (Å²) in [5, 5.41) is 21.5. The Balaban J connectivity index is 2.02. The Morgan fingerprint density at radius 3 is 2.33 bits per heavy atom. The van der Waals surface area contributed by atoms with Crippen molar-refractivity contribution in [1.29, 1.82) is 5.26 Å². The summed E-state index contributed by atoms with van der Waals surface area (Å²) in [6, 6.07) is 18.5. The molecule has 0 aliphatic carbocycles. The van der Waals surface area contributed by atoms with Crippen molar-refractivity contribution in [3.05, 3.63) is 65.7 Å². The molecule has 3 nitrogen and oxygen atoms in total. The quantitative estimate of drug-likeness (QED) is 0.861. The normalized spacial score (nSPS) is 11.7. The maximum Gasteiger partial charge on any atom is 0.121 e. The Morgan fingerprint density at radius 2 is 1.72 bits per heavy atom. The molecule has 2 rings (SSSR count). The first-order valence-corrected chi connectivity index (χ1v) is 5.75. The van der Waals surface area contributed by atoms with Crippen molar-refractivity contribution in [1.82, 2.24) is 5.32 Å². The van der Waals surface area contributed by atoms with Crippen LogP contribution in [0.15, 0.2) is 54.6 Å². The average molecular weight is 238 g/mol. The molecule has 0 aliphatic heterocycles. The van der Waals surface area contributed by atoms with Crippen molar-refractivity contribution in [2.24, 2.45) is 0 Å². The van der Waals surface area contributed by atoms with E-state index in [1.54, 1.807) is 24.3 Å². The van der Waals surface area contributed by atoms with Gasteiger partial charge in [0.05, 0.1) is 6.07 Å². The van der Waals surface area contributed by atoms with Gasteiger partial charge in [-0.2, -0.15) is 5.26 Å². The second-order valence-electron chi connectivity index (χ2n) is 4.02. The summed E-state index contributed by atoms with van der Waals surface area (Å²) in [6.45, 7) is 0.639. The van der Waals surface area contributed by atoms with Gasteiger partial charge >= 0.3 is 0 Å². The van der Waals surface area contributed by atoms with Crippen LogP contribution in [0, 0.1) is 11.3 Å². The summed E-state index contributed by atoms with van der Waals surface area (Å²) in [5.74, 6) is 0.207. The van der Waals surface area contributed by atoms with E-state index < -0.39 is 0 Å². The van der Waals surface area contributed by atoms with Crippen molar-refractivity contribution in [2.45, 2.75) is 12.6 Å². The minimum Gasteiger partial charge on any atom is -0.508 e. The van der Waals surface area contributed by atoms with Gasteiger partial charge in [0.15, 0.2) is 0 Å². The molecule has 1 atom stereocenters. The van der Waals surface area contributed by atoms with Gasteiger partial charge in [-0.25, -0.2) is 0 Å². The molecule has 0 fully saturated rings. The number of rotatable bonds is 4. The third-order valence-electron chi connectivity index (χ3n) is 2.71. The number of nitrogens with one attached hydrogen (secondary N) is 1. The molecule has 0 aliphatic rings. The van der Waals surface area contributed by atoms with E-state index in [0.717, 1.165) is 11.1 Å². The smallest absolute Gasteiger partial charge is 0.121 e. The molecule has 0 amide bonds. The first-order valence-electron chi connectivity index (χ1n) is 5.75. The average Bonchev–Trinajstić information content (AvgIpc) is 2.42. The molecule has 18 heavy (non-hydrogen) atoms. The Kier molecular flexibility index (Phi) is 3.95. The van der Waals surface area contributed by atoms with Gasteiger partial charge in [-0.05, 0) is 23.3 Å². The molecule has 1 unspecified atom stereocenters. The maximum atomic E-state index is 9.22. The summed E-state index contributed by atoms with van der Waals surface area (Å²) in [6.07, 6.45) is 0. The molecule has 0 radical (unpaired) electrons. The highest BCUT2D eigenvalue weighted by Crippen LogP contribution is 2.16. The number of nitriles is 1. The molecular weight excluding hydrogens is 224 g/mol. The van der Waals surface area contributed by atoms with Gasteiger partial charge in [-0.3, -0.25) is 5.32 Å². The highest BCUT2D eigenvalue weighted by Gasteiger charge is 2.09. The molecule has 0 bridgehead atoms. The van der Waals surface area contributed by atoms with E-state index in [1.165, 1.54) is 0 Å². The highest BCUT2D eigenvalue weighted by molar-refractivity contribution is 5.30. The van der Waals surface area contributed by atoms with Crippen molar-refractivity contribution in [2.75, 3.05) is 0 Å². The number of phenolic OH excluding ortho intramolecular Hbond substituents is 1. The lowest BCUT2D eigenvalue weighted by Crippen LogP contribution is -2.19. The monoisotopic (exact) mass is 238 g/mol. The predicted octanol–water partition coefficient (Wildman–Crippen LogP) is 2.75. The van der Waals surface area contributed by atoms with E-state index in [9.17, 15) is 5.11 Å². The number of benzene rings is 2.